The summed E-state index contributed by atoms with van der Waals surface area (Å²) >= 11 is 0. The van der Waals surface area contributed by atoms with Crippen LogP contribution in [0, 0.1) is 0 Å². The molecule has 4 rings (SSSR count). The van der Waals surface area contributed by atoms with Crippen LogP contribution in [0.25, 0.3) is 10.8 Å². The highest BCUT2D eigenvalue weighted by Gasteiger charge is 2.28. The SMILES string of the molecule is O=S(=O)(Cc1cc2ccccc2c2c1CCC2CCO)c1ccccc1. The summed E-state index contributed by atoms with van der Waals surface area (Å²) in [7, 11) is -3.38. The van der Waals surface area contributed by atoms with Crippen LogP contribution < -0.4 is 0 Å². The number of sulfone groups is 1. The molecule has 0 saturated carbocycles. The van der Waals surface area contributed by atoms with E-state index in [0.717, 1.165) is 30.2 Å². The summed E-state index contributed by atoms with van der Waals surface area (Å²) in [5.74, 6) is 0.329. The highest BCUT2D eigenvalue weighted by atomic mass is 32.2. The van der Waals surface area contributed by atoms with E-state index in [1.165, 1.54) is 16.5 Å². The molecule has 26 heavy (non-hydrogen) atoms. The second-order valence-corrected chi connectivity index (χ2v) is 8.96. The van der Waals surface area contributed by atoms with Gasteiger partial charge in [-0.2, -0.15) is 0 Å². The lowest BCUT2D eigenvalue weighted by atomic mass is 9.91. The molecule has 0 fully saturated rings. The van der Waals surface area contributed by atoms with Gasteiger partial charge in [-0.15, -0.1) is 0 Å². The van der Waals surface area contributed by atoms with Crippen molar-refractivity contribution in [2.45, 2.75) is 35.8 Å². The number of rotatable bonds is 5. The van der Waals surface area contributed by atoms with Gasteiger partial charge in [0.2, 0.25) is 0 Å². The Labute approximate surface area is 154 Å². The van der Waals surface area contributed by atoms with Gasteiger partial charge in [-0.25, -0.2) is 8.42 Å². The minimum absolute atomic E-state index is 0.0238. The number of aliphatic hydroxyl groups is 1. The maximum atomic E-state index is 12.9. The Bertz CT molecular complexity index is 1040. The molecule has 0 saturated heterocycles. The van der Waals surface area contributed by atoms with Gasteiger partial charge >= 0.3 is 0 Å². The highest BCUT2D eigenvalue weighted by Crippen LogP contribution is 2.42. The summed E-state index contributed by atoms with van der Waals surface area (Å²) in [5, 5.41) is 11.7. The first-order chi connectivity index (χ1) is 12.6. The van der Waals surface area contributed by atoms with Crippen molar-refractivity contribution in [2.75, 3.05) is 6.61 Å². The smallest absolute Gasteiger partial charge is 0.182 e. The molecule has 0 spiro atoms. The summed E-state index contributed by atoms with van der Waals surface area (Å²) < 4.78 is 25.8. The number of aliphatic hydroxyl groups excluding tert-OH is 1. The van der Waals surface area contributed by atoms with E-state index in [0.29, 0.717) is 10.8 Å². The maximum absolute atomic E-state index is 12.9. The molecule has 3 aromatic rings. The Hall–Kier alpha value is -2.17. The summed E-state index contributed by atoms with van der Waals surface area (Å²) in [5.41, 5.74) is 3.32. The van der Waals surface area contributed by atoms with Crippen molar-refractivity contribution in [2.24, 2.45) is 0 Å². The Morgan fingerprint density at radius 3 is 2.50 bits per heavy atom. The monoisotopic (exact) mass is 366 g/mol. The van der Waals surface area contributed by atoms with Gasteiger partial charge in [0, 0.05) is 6.61 Å². The van der Waals surface area contributed by atoms with E-state index in [2.05, 4.69) is 6.07 Å². The van der Waals surface area contributed by atoms with Gasteiger partial charge in [0.15, 0.2) is 9.84 Å². The Kier molecular flexibility index (Phi) is 4.55. The average Bonchev–Trinajstić information content (AvgIpc) is 3.07. The van der Waals surface area contributed by atoms with E-state index in [1.54, 1.807) is 24.3 Å². The third-order valence-corrected chi connectivity index (χ3v) is 7.05. The van der Waals surface area contributed by atoms with E-state index in [4.69, 9.17) is 0 Å². The number of hydrogen-bond donors (Lipinski definition) is 1. The van der Waals surface area contributed by atoms with Crippen LogP contribution in [0.2, 0.25) is 0 Å². The second kappa shape index (κ2) is 6.86. The molecule has 4 heteroatoms. The van der Waals surface area contributed by atoms with Crippen LogP contribution in [0.1, 0.15) is 35.4 Å². The molecule has 0 aliphatic heterocycles. The molecule has 1 aliphatic carbocycles. The van der Waals surface area contributed by atoms with Crippen LogP contribution in [-0.4, -0.2) is 20.1 Å². The van der Waals surface area contributed by atoms with Crippen LogP contribution in [0.3, 0.4) is 0 Å². The van der Waals surface area contributed by atoms with Crippen molar-refractivity contribution in [3.8, 4) is 0 Å². The van der Waals surface area contributed by atoms with Gasteiger partial charge in [-0.1, -0.05) is 42.5 Å². The lowest BCUT2D eigenvalue weighted by Crippen LogP contribution is -2.08. The molecular weight excluding hydrogens is 344 g/mol. The molecule has 0 amide bonds. The van der Waals surface area contributed by atoms with E-state index in [1.807, 2.05) is 30.3 Å². The minimum Gasteiger partial charge on any atom is -0.396 e. The first kappa shape index (κ1) is 17.3. The fraction of sp³-hybridized carbons (Fsp3) is 0.273. The summed E-state index contributed by atoms with van der Waals surface area (Å²) in [6, 6.07) is 18.9. The van der Waals surface area contributed by atoms with E-state index < -0.39 is 9.84 Å². The largest absolute Gasteiger partial charge is 0.396 e. The van der Waals surface area contributed by atoms with Gasteiger partial charge in [0.05, 0.1) is 10.6 Å². The predicted octanol–water partition coefficient (Wildman–Crippen LogP) is 4.23. The zero-order valence-electron chi connectivity index (χ0n) is 14.6. The van der Waals surface area contributed by atoms with Crippen molar-refractivity contribution in [3.05, 3.63) is 77.4 Å². The van der Waals surface area contributed by atoms with Gasteiger partial charge in [0.1, 0.15) is 0 Å². The second-order valence-electron chi connectivity index (χ2n) is 6.97. The van der Waals surface area contributed by atoms with Gasteiger partial charge in [0.25, 0.3) is 0 Å². The Morgan fingerprint density at radius 2 is 1.73 bits per heavy atom. The van der Waals surface area contributed by atoms with Crippen LogP contribution >= 0.6 is 0 Å². The average molecular weight is 366 g/mol. The maximum Gasteiger partial charge on any atom is 0.182 e. The molecule has 134 valence electrons. The third kappa shape index (κ3) is 3.04. The summed E-state index contributed by atoms with van der Waals surface area (Å²) in [6.45, 7) is 0.158. The topological polar surface area (TPSA) is 54.4 Å². The third-order valence-electron chi connectivity index (χ3n) is 5.37. The fourth-order valence-electron chi connectivity index (χ4n) is 4.19. The number of fused-ring (bicyclic) bond motifs is 3. The zero-order valence-corrected chi connectivity index (χ0v) is 15.4. The Morgan fingerprint density at radius 1 is 1.00 bits per heavy atom. The molecule has 0 aromatic heterocycles. The first-order valence-corrected chi connectivity index (χ1v) is 10.7. The molecule has 1 unspecified atom stereocenters. The summed E-state index contributed by atoms with van der Waals surface area (Å²) in [4.78, 5) is 0.367. The molecule has 3 nitrogen and oxygen atoms in total. The first-order valence-electron chi connectivity index (χ1n) is 9.02. The molecule has 0 radical (unpaired) electrons. The Balaban J connectivity index is 1.84. The molecule has 0 bridgehead atoms. The normalized spacial score (nSPS) is 16.7. The summed E-state index contributed by atoms with van der Waals surface area (Å²) in [6.07, 6.45) is 2.58. The molecule has 1 atom stereocenters. The van der Waals surface area contributed by atoms with E-state index >= 15 is 0 Å². The van der Waals surface area contributed by atoms with Gasteiger partial charge < -0.3 is 5.11 Å². The molecule has 3 aromatic carbocycles. The van der Waals surface area contributed by atoms with Crippen molar-refractivity contribution in [3.63, 3.8) is 0 Å². The predicted molar refractivity (Wildman–Crippen MR) is 104 cm³/mol. The molecular formula is C22H22O3S. The zero-order chi connectivity index (χ0) is 18.1. The van der Waals surface area contributed by atoms with Crippen molar-refractivity contribution < 1.29 is 13.5 Å². The van der Waals surface area contributed by atoms with E-state index in [9.17, 15) is 13.5 Å². The molecule has 1 N–H and O–H groups in total. The van der Waals surface area contributed by atoms with Gasteiger partial charge in [-0.3, -0.25) is 0 Å². The van der Waals surface area contributed by atoms with Crippen molar-refractivity contribution in [1.29, 1.82) is 0 Å². The minimum atomic E-state index is -3.38. The van der Waals surface area contributed by atoms with Crippen LogP contribution in [-0.2, 0) is 22.0 Å². The highest BCUT2D eigenvalue weighted by molar-refractivity contribution is 7.90. The van der Waals surface area contributed by atoms with Gasteiger partial charge in [-0.05, 0) is 70.8 Å². The molecule has 0 heterocycles. The van der Waals surface area contributed by atoms with E-state index in [-0.39, 0.29) is 12.4 Å². The lowest BCUT2D eigenvalue weighted by molar-refractivity contribution is 0.275. The van der Waals surface area contributed by atoms with Crippen molar-refractivity contribution in [1.82, 2.24) is 0 Å². The lowest BCUT2D eigenvalue weighted by Gasteiger charge is -2.16. The number of benzene rings is 3. The fourth-order valence-corrected chi connectivity index (χ4v) is 5.60. The van der Waals surface area contributed by atoms with Crippen LogP contribution in [0.5, 0.6) is 0 Å². The number of hydrogen-bond acceptors (Lipinski definition) is 3. The standard InChI is InChI=1S/C22H22O3S/c23-13-12-16-10-11-21-18(14-17-6-4-5-9-20(17)22(16)21)15-26(24,25)19-7-2-1-3-8-19/h1-9,14,16,23H,10-13,15H2. The quantitative estimate of drug-likeness (QED) is 0.735. The van der Waals surface area contributed by atoms with Crippen LogP contribution in [0.15, 0.2) is 65.6 Å². The van der Waals surface area contributed by atoms with Crippen LogP contribution in [0.4, 0.5) is 0 Å². The van der Waals surface area contributed by atoms with Crippen molar-refractivity contribution >= 4 is 20.6 Å². The molecule has 1 aliphatic rings.